The van der Waals surface area contributed by atoms with Crippen molar-refractivity contribution in [3.63, 3.8) is 0 Å². The van der Waals surface area contributed by atoms with E-state index in [4.69, 9.17) is 21.2 Å². The van der Waals surface area contributed by atoms with E-state index in [0.29, 0.717) is 55.2 Å². The normalized spacial score (nSPS) is 27.1. The average molecular weight is 703 g/mol. The van der Waals surface area contributed by atoms with Gasteiger partial charge in [0.2, 0.25) is 5.91 Å². The van der Waals surface area contributed by atoms with E-state index in [1.807, 2.05) is 0 Å². The van der Waals surface area contributed by atoms with Gasteiger partial charge in [0.1, 0.15) is 5.82 Å². The minimum Gasteiger partial charge on any atom is -0.389 e. The molecule has 2 saturated carbocycles. The number of alkyl halides is 6. The quantitative estimate of drug-likeness (QED) is 0.251. The van der Waals surface area contributed by atoms with Gasteiger partial charge in [0.15, 0.2) is 6.10 Å². The largest absolute Gasteiger partial charge is 0.419 e. The summed E-state index contributed by atoms with van der Waals surface area (Å²) in [5.74, 6) is -5.45. The number of fused-ring (bicyclic) bond motifs is 3. The molecule has 48 heavy (non-hydrogen) atoms. The van der Waals surface area contributed by atoms with Crippen molar-refractivity contribution in [2.75, 3.05) is 37.5 Å². The van der Waals surface area contributed by atoms with Crippen LogP contribution in [0.4, 0.5) is 42.1 Å². The number of benzene rings is 2. The molecule has 2 aliphatic heterocycles. The van der Waals surface area contributed by atoms with Crippen LogP contribution in [0.25, 0.3) is 0 Å². The van der Waals surface area contributed by atoms with Crippen molar-refractivity contribution in [3.05, 3.63) is 69.5 Å². The number of carbonyl (C=O) groups is 2. The summed E-state index contributed by atoms with van der Waals surface area (Å²) in [5.41, 5.74) is -0.353. The summed E-state index contributed by atoms with van der Waals surface area (Å²) in [6.45, 7) is 0.711. The fraction of sp³-hybridized carbons (Fsp3) is 0.469. The first kappa shape index (κ1) is 34.0. The fourth-order valence-corrected chi connectivity index (χ4v) is 7.84. The Hall–Kier alpha value is -3.85. The van der Waals surface area contributed by atoms with Crippen LogP contribution in [0.15, 0.2) is 47.1 Å². The lowest BCUT2D eigenvalue weighted by molar-refractivity contribution is -0.140. The highest BCUT2D eigenvalue weighted by Gasteiger charge is 2.53. The van der Waals surface area contributed by atoms with Crippen LogP contribution in [-0.4, -0.2) is 63.2 Å². The minimum atomic E-state index is -5.02. The molecule has 2 unspecified atom stereocenters. The average Bonchev–Trinajstić information content (AvgIpc) is 3.74. The highest BCUT2D eigenvalue weighted by atomic mass is 35.5. The van der Waals surface area contributed by atoms with Gasteiger partial charge in [0.05, 0.1) is 46.7 Å². The lowest BCUT2D eigenvalue weighted by Gasteiger charge is -2.31. The zero-order valence-electron chi connectivity index (χ0n) is 25.5. The SMILES string of the molecule is CN(C)c1c(Cl)cc(C2=NOC3COCC23)cc1C(=O)N[C@@H]1[C@@H](CC(=O)Nc2ccc(F)c(C(F)(F)F)c2)[C@H]2CC[C@@H]1/C2=C\C(F)(F)F. The molecule has 4 aliphatic rings. The highest BCUT2D eigenvalue weighted by molar-refractivity contribution is 6.34. The number of rotatable bonds is 7. The van der Waals surface area contributed by atoms with Gasteiger partial charge in [-0.05, 0) is 55.0 Å². The maximum atomic E-state index is 14.1. The molecule has 0 radical (unpaired) electrons. The smallest absolute Gasteiger partial charge is 0.389 e. The third-order valence-corrected chi connectivity index (χ3v) is 9.67. The van der Waals surface area contributed by atoms with Gasteiger partial charge in [0.25, 0.3) is 5.91 Å². The summed E-state index contributed by atoms with van der Waals surface area (Å²) in [4.78, 5) is 34.3. The van der Waals surface area contributed by atoms with Crippen LogP contribution in [0.1, 0.15) is 40.7 Å². The number of nitrogens with one attached hydrogen (secondary N) is 2. The third-order valence-electron chi connectivity index (χ3n) is 9.38. The van der Waals surface area contributed by atoms with E-state index < -0.39 is 65.8 Å². The zero-order chi connectivity index (χ0) is 34.7. The van der Waals surface area contributed by atoms with E-state index in [1.54, 1.807) is 31.1 Å². The number of nitrogens with zero attached hydrogens (tertiary/aromatic N) is 2. The Morgan fingerprint density at radius 3 is 2.46 bits per heavy atom. The van der Waals surface area contributed by atoms with Crippen LogP contribution in [0.3, 0.4) is 0 Å². The molecule has 2 aromatic carbocycles. The number of oxime groups is 1. The second-order valence-electron chi connectivity index (χ2n) is 12.6. The van der Waals surface area contributed by atoms with Gasteiger partial charge >= 0.3 is 12.4 Å². The molecule has 2 amide bonds. The summed E-state index contributed by atoms with van der Waals surface area (Å²) < 4.78 is 99.9. The molecule has 2 aromatic rings. The number of ether oxygens (including phenoxy) is 1. The molecule has 3 fully saturated rings. The molecule has 2 N–H and O–H groups in total. The molecule has 0 aromatic heterocycles. The van der Waals surface area contributed by atoms with Crippen molar-refractivity contribution in [2.45, 2.75) is 43.8 Å². The second-order valence-corrected chi connectivity index (χ2v) is 13.0. The van der Waals surface area contributed by atoms with Gasteiger partial charge in [-0.2, -0.15) is 26.3 Å². The van der Waals surface area contributed by atoms with Crippen LogP contribution in [0, 0.1) is 29.5 Å². The molecule has 6 rings (SSSR count). The standard InChI is InChI=1S/C32H30ClF7N4O4/c1-44(2)29-19(7-14(8-23(29)33)27-21-12-47-13-25(21)48-43-27)30(46)42-28-17-5-4-16(20(17)11-31(35,36)37)18(28)10-26(45)41-15-3-6-24(34)22(9-15)32(38,39)40/h3,6-9,11,16-18,21,25,28H,4-5,10,12-13H2,1-2H3,(H,41,45)(H,42,46)/b20-11-/t16-,17-,18+,21?,25?,28+/m1/s1. The number of amides is 2. The predicted molar refractivity (Wildman–Crippen MR) is 161 cm³/mol. The molecule has 2 heterocycles. The molecular weight excluding hydrogens is 673 g/mol. The number of halogens is 8. The summed E-state index contributed by atoms with van der Waals surface area (Å²) in [6.07, 6.45) is -9.52. The lowest BCUT2D eigenvalue weighted by Crippen LogP contribution is -2.45. The first-order valence-corrected chi connectivity index (χ1v) is 15.5. The third kappa shape index (κ3) is 6.58. The van der Waals surface area contributed by atoms with Crippen LogP contribution < -0.4 is 15.5 Å². The van der Waals surface area contributed by atoms with Crippen LogP contribution in [-0.2, 0) is 20.5 Å². The van der Waals surface area contributed by atoms with E-state index in [0.717, 1.165) is 6.07 Å². The van der Waals surface area contributed by atoms with E-state index >= 15 is 0 Å². The van der Waals surface area contributed by atoms with Gasteiger partial charge in [-0.1, -0.05) is 22.3 Å². The Labute approximate surface area is 275 Å². The van der Waals surface area contributed by atoms with Crippen molar-refractivity contribution in [1.82, 2.24) is 5.32 Å². The van der Waals surface area contributed by atoms with Crippen LogP contribution in [0.2, 0.25) is 5.02 Å². The molecule has 1 saturated heterocycles. The first-order chi connectivity index (χ1) is 22.5. The number of hydrogen-bond acceptors (Lipinski definition) is 6. The molecule has 8 nitrogen and oxygen atoms in total. The van der Waals surface area contributed by atoms with Gasteiger partial charge in [-0.25, -0.2) is 4.39 Å². The van der Waals surface area contributed by atoms with Crippen molar-refractivity contribution < 1.29 is 49.9 Å². The van der Waals surface area contributed by atoms with Crippen LogP contribution >= 0.6 is 11.6 Å². The van der Waals surface area contributed by atoms with Crippen LogP contribution in [0.5, 0.6) is 0 Å². The van der Waals surface area contributed by atoms with Gasteiger partial charge in [0, 0.05) is 49.8 Å². The number of carbonyl (C=O) groups excluding carboxylic acids is 2. The van der Waals surface area contributed by atoms with E-state index in [1.165, 1.54) is 0 Å². The molecular formula is C32H30ClF7N4O4. The van der Waals surface area contributed by atoms with Crippen molar-refractivity contribution in [3.8, 4) is 0 Å². The Kier molecular flexibility index (Phi) is 8.90. The van der Waals surface area contributed by atoms with Crippen molar-refractivity contribution >= 4 is 40.5 Å². The first-order valence-electron chi connectivity index (χ1n) is 15.1. The maximum Gasteiger partial charge on any atom is 0.419 e. The van der Waals surface area contributed by atoms with Crippen molar-refractivity contribution in [1.29, 1.82) is 0 Å². The molecule has 2 aliphatic carbocycles. The van der Waals surface area contributed by atoms with E-state index in [-0.39, 0.29) is 39.9 Å². The summed E-state index contributed by atoms with van der Waals surface area (Å²) in [5, 5.41) is 9.58. The second kappa shape index (κ2) is 12.6. The summed E-state index contributed by atoms with van der Waals surface area (Å²) >= 11 is 6.66. The fourth-order valence-electron chi connectivity index (χ4n) is 7.45. The topological polar surface area (TPSA) is 92.3 Å². The zero-order valence-corrected chi connectivity index (χ0v) is 26.3. The molecule has 2 bridgehead atoms. The van der Waals surface area contributed by atoms with Gasteiger partial charge in [-0.15, -0.1) is 0 Å². The monoisotopic (exact) mass is 702 g/mol. The highest BCUT2D eigenvalue weighted by Crippen LogP contribution is 2.55. The van der Waals surface area contributed by atoms with Crippen molar-refractivity contribution in [2.24, 2.45) is 28.8 Å². The molecule has 6 atom stereocenters. The summed E-state index contributed by atoms with van der Waals surface area (Å²) in [6, 6.07) is 4.26. The lowest BCUT2D eigenvalue weighted by atomic mass is 9.81. The molecule has 16 heteroatoms. The Morgan fingerprint density at radius 1 is 1.04 bits per heavy atom. The number of hydrogen-bond donors (Lipinski definition) is 2. The Balaban J connectivity index is 1.30. The molecule has 258 valence electrons. The van der Waals surface area contributed by atoms with E-state index in [2.05, 4.69) is 15.8 Å². The molecule has 0 spiro atoms. The summed E-state index contributed by atoms with van der Waals surface area (Å²) in [7, 11) is 3.34. The number of allylic oxidation sites excluding steroid dienone is 1. The van der Waals surface area contributed by atoms with Gasteiger partial charge < -0.3 is 25.1 Å². The Morgan fingerprint density at radius 2 is 1.77 bits per heavy atom. The minimum absolute atomic E-state index is 0.0519. The Bertz CT molecular complexity index is 1690. The maximum absolute atomic E-state index is 14.1. The van der Waals surface area contributed by atoms with E-state index in [9.17, 15) is 40.3 Å². The van der Waals surface area contributed by atoms with Gasteiger partial charge in [-0.3, -0.25) is 9.59 Å². The number of anilines is 2. The predicted octanol–water partition coefficient (Wildman–Crippen LogP) is 6.59.